The average Bonchev–Trinajstić information content (AvgIpc) is 3.22. The van der Waals surface area contributed by atoms with Gasteiger partial charge in [0, 0.05) is 25.6 Å². The van der Waals surface area contributed by atoms with Crippen molar-refractivity contribution in [3.63, 3.8) is 0 Å². The highest BCUT2D eigenvalue weighted by molar-refractivity contribution is 5.74. The summed E-state index contributed by atoms with van der Waals surface area (Å²) in [4.78, 5) is 18.6. The molecule has 0 aliphatic rings. The van der Waals surface area contributed by atoms with E-state index in [4.69, 9.17) is 0 Å². The van der Waals surface area contributed by atoms with E-state index in [0.29, 0.717) is 0 Å². The topological polar surface area (TPSA) is 63.1 Å². The fraction of sp³-hybridized carbons (Fsp3) is 0.250. The summed E-state index contributed by atoms with van der Waals surface area (Å²) >= 11 is 0. The maximum Gasteiger partial charge on any atom is 0.318 e. The van der Waals surface area contributed by atoms with Crippen LogP contribution in [-0.4, -0.2) is 32.7 Å². The van der Waals surface area contributed by atoms with Crippen molar-refractivity contribution in [2.24, 2.45) is 0 Å². The van der Waals surface area contributed by atoms with Crippen molar-refractivity contribution in [3.05, 3.63) is 78.4 Å². The molecule has 0 aliphatic heterocycles. The molecule has 134 valence electrons. The summed E-state index contributed by atoms with van der Waals surface area (Å²) in [5.74, 6) is 0. The number of pyridine rings is 1. The van der Waals surface area contributed by atoms with E-state index < -0.39 is 0 Å². The molecular weight excluding hydrogens is 326 g/mol. The molecule has 0 aliphatic carbocycles. The minimum Gasteiger partial charge on any atom is -0.331 e. The average molecular weight is 349 g/mol. The fourth-order valence-corrected chi connectivity index (χ4v) is 2.71. The molecule has 0 saturated carbocycles. The number of amides is 2. The zero-order valence-corrected chi connectivity index (χ0v) is 15.2. The second-order valence-electron chi connectivity index (χ2n) is 6.25. The zero-order valence-electron chi connectivity index (χ0n) is 15.2. The van der Waals surface area contributed by atoms with Gasteiger partial charge in [-0.2, -0.15) is 5.10 Å². The molecule has 2 heterocycles. The molecule has 0 fully saturated rings. The van der Waals surface area contributed by atoms with Gasteiger partial charge in [0.2, 0.25) is 0 Å². The Bertz CT molecular complexity index is 830. The first-order valence-electron chi connectivity index (χ1n) is 8.60. The van der Waals surface area contributed by atoms with E-state index in [1.165, 1.54) is 0 Å². The van der Waals surface area contributed by atoms with E-state index in [9.17, 15) is 4.79 Å². The highest BCUT2D eigenvalue weighted by Crippen LogP contribution is 2.19. The summed E-state index contributed by atoms with van der Waals surface area (Å²) in [6.07, 6.45) is 5.38. The summed E-state index contributed by atoms with van der Waals surface area (Å²) in [5.41, 5.74) is 2.88. The van der Waals surface area contributed by atoms with Crippen LogP contribution in [0.5, 0.6) is 0 Å². The van der Waals surface area contributed by atoms with Crippen molar-refractivity contribution in [2.45, 2.75) is 25.9 Å². The molecule has 3 rings (SSSR count). The number of hydrogen-bond acceptors (Lipinski definition) is 3. The molecule has 1 N–H and O–H groups in total. The molecule has 26 heavy (non-hydrogen) atoms. The van der Waals surface area contributed by atoms with Crippen LogP contribution >= 0.6 is 0 Å². The SMILES string of the molecule is C[C@H](c1ccccn1)N(C)C(=O)N[C@H](C)c1ccc(-n2cccn2)cc1. The standard InChI is InChI=1S/C20H23N5O/c1-15(17-8-10-18(11-9-17)25-14-6-13-22-25)23-20(26)24(3)16(2)19-7-4-5-12-21-19/h4-16H,1-3H3,(H,23,26)/t15-,16-/m1/s1. The lowest BCUT2D eigenvalue weighted by Crippen LogP contribution is -2.40. The van der Waals surface area contributed by atoms with E-state index in [1.807, 2.05) is 68.6 Å². The van der Waals surface area contributed by atoms with Crippen LogP contribution in [0.2, 0.25) is 0 Å². The Morgan fingerprint density at radius 2 is 1.85 bits per heavy atom. The molecule has 0 saturated heterocycles. The molecular formula is C20H23N5O. The molecule has 0 radical (unpaired) electrons. The minimum absolute atomic E-state index is 0.104. The smallest absolute Gasteiger partial charge is 0.318 e. The molecule has 2 aromatic heterocycles. The molecule has 6 nitrogen and oxygen atoms in total. The first-order chi connectivity index (χ1) is 12.6. The van der Waals surface area contributed by atoms with Crippen LogP contribution in [0.3, 0.4) is 0 Å². The number of urea groups is 1. The Morgan fingerprint density at radius 1 is 1.08 bits per heavy atom. The van der Waals surface area contributed by atoms with Gasteiger partial charge in [0.1, 0.15) is 0 Å². The van der Waals surface area contributed by atoms with Crippen molar-refractivity contribution in [3.8, 4) is 5.69 Å². The molecule has 0 spiro atoms. The van der Waals surface area contributed by atoms with Gasteiger partial charge in [0.05, 0.1) is 23.5 Å². The van der Waals surface area contributed by atoms with Crippen LogP contribution in [-0.2, 0) is 0 Å². The van der Waals surface area contributed by atoms with Crippen LogP contribution in [0.4, 0.5) is 4.79 Å². The van der Waals surface area contributed by atoms with E-state index in [-0.39, 0.29) is 18.1 Å². The van der Waals surface area contributed by atoms with E-state index in [0.717, 1.165) is 16.9 Å². The summed E-state index contributed by atoms with van der Waals surface area (Å²) in [5, 5.41) is 7.25. The van der Waals surface area contributed by atoms with Crippen molar-refractivity contribution in [2.75, 3.05) is 7.05 Å². The van der Waals surface area contributed by atoms with Crippen molar-refractivity contribution in [1.29, 1.82) is 0 Å². The lowest BCUT2D eigenvalue weighted by molar-refractivity contribution is 0.190. The van der Waals surface area contributed by atoms with Gasteiger partial charge in [-0.3, -0.25) is 4.98 Å². The largest absolute Gasteiger partial charge is 0.331 e. The van der Waals surface area contributed by atoms with E-state index in [2.05, 4.69) is 15.4 Å². The van der Waals surface area contributed by atoms with Gasteiger partial charge in [-0.25, -0.2) is 9.48 Å². The normalized spacial score (nSPS) is 13.0. The maximum absolute atomic E-state index is 12.6. The third-order valence-corrected chi connectivity index (χ3v) is 4.52. The van der Waals surface area contributed by atoms with Crippen LogP contribution in [0.15, 0.2) is 67.1 Å². The van der Waals surface area contributed by atoms with Gasteiger partial charge >= 0.3 is 6.03 Å². The lowest BCUT2D eigenvalue weighted by atomic mass is 10.1. The summed E-state index contributed by atoms with van der Waals surface area (Å²) in [6, 6.07) is 15.2. The number of nitrogens with one attached hydrogen (secondary N) is 1. The first kappa shape index (κ1) is 17.7. The molecule has 2 atom stereocenters. The Balaban J connectivity index is 1.63. The predicted molar refractivity (Wildman–Crippen MR) is 101 cm³/mol. The van der Waals surface area contributed by atoms with Gasteiger partial charge in [-0.05, 0) is 49.7 Å². The minimum atomic E-state index is -0.133. The Labute approximate surface area is 153 Å². The molecule has 3 aromatic rings. The van der Waals surface area contributed by atoms with Crippen LogP contribution in [0.25, 0.3) is 5.69 Å². The van der Waals surface area contributed by atoms with Crippen molar-refractivity contribution in [1.82, 2.24) is 25.0 Å². The van der Waals surface area contributed by atoms with Gasteiger partial charge in [0.15, 0.2) is 0 Å². The van der Waals surface area contributed by atoms with Crippen molar-refractivity contribution < 1.29 is 4.79 Å². The van der Waals surface area contributed by atoms with Gasteiger partial charge in [-0.1, -0.05) is 18.2 Å². The van der Waals surface area contributed by atoms with E-state index >= 15 is 0 Å². The third kappa shape index (κ3) is 3.91. The van der Waals surface area contributed by atoms with Crippen LogP contribution < -0.4 is 5.32 Å². The number of aromatic nitrogens is 3. The van der Waals surface area contributed by atoms with Crippen molar-refractivity contribution >= 4 is 6.03 Å². The predicted octanol–water partition coefficient (Wildman–Crippen LogP) is 3.73. The van der Waals surface area contributed by atoms with Crippen LogP contribution in [0.1, 0.15) is 37.2 Å². The number of hydrogen-bond donors (Lipinski definition) is 1. The number of carbonyl (C=O) groups is 1. The van der Waals surface area contributed by atoms with Gasteiger partial charge < -0.3 is 10.2 Å². The number of rotatable bonds is 5. The number of carbonyl (C=O) groups excluding carboxylic acids is 1. The van der Waals surface area contributed by atoms with Gasteiger partial charge in [0.25, 0.3) is 0 Å². The Morgan fingerprint density at radius 3 is 2.46 bits per heavy atom. The summed E-state index contributed by atoms with van der Waals surface area (Å²) < 4.78 is 1.80. The molecule has 6 heteroatoms. The van der Waals surface area contributed by atoms with Crippen LogP contribution in [0, 0.1) is 0 Å². The molecule has 0 bridgehead atoms. The number of nitrogens with zero attached hydrogens (tertiary/aromatic N) is 4. The Kier molecular flexibility index (Phi) is 5.31. The zero-order chi connectivity index (χ0) is 18.5. The lowest BCUT2D eigenvalue weighted by Gasteiger charge is -2.26. The molecule has 1 aromatic carbocycles. The van der Waals surface area contributed by atoms with E-state index in [1.54, 1.807) is 29.0 Å². The monoisotopic (exact) mass is 349 g/mol. The molecule has 2 amide bonds. The quantitative estimate of drug-likeness (QED) is 0.763. The summed E-state index contributed by atoms with van der Waals surface area (Å²) in [6.45, 7) is 3.94. The maximum atomic E-state index is 12.6. The second kappa shape index (κ2) is 7.82. The van der Waals surface area contributed by atoms with Gasteiger partial charge in [-0.15, -0.1) is 0 Å². The number of benzene rings is 1. The highest BCUT2D eigenvalue weighted by Gasteiger charge is 2.20. The molecule has 0 unspecified atom stereocenters. The first-order valence-corrected chi connectivity index (χ1v) is 8.60. The Hall–Kier alpha value is -3.15. The second-order valence-corrected chi connectivity index (χ2v) is 6.25. The highest BCUT2D eigenvalue weighted by atomic mass is 16.2. The third-order valence-electron chi connectivity index (χ3n) is 4.52. The summed E-state index contributed by atoms with van der Waals surface area (Å²) in [7, 11) is 1.78. The fourth-order valence-electron chi connectivity index (χ4n) is 2.71.